The molecule has 1 saturated heterocycles. The summed E-state index contributed by atoms with van der Waals surface area (Å²) in [4.78, 5) is 17.5. The van der Waals surface area contributed by atoms with Crippen molar-refractivity contribution in [2.24, 2.45) is 5.11 Å². The topological polar surface area (TPSA) is 139 Å². The predicted octanol–water partition coefficient (Wildman–Crippen LogP) is -0.0767. The van der Waals surface area contributed by atoms with Crippen molar-refractivity contribution in [1.82, 2.24) is 9.55 Å². The van der Waals surface area contributed by atoms with E-state index in [-0.39, 0.29) is 13.0 Å². The van der Waals surface area contributed by atoms with Crippen molar-refractivity contribution in [3.05, 3.63) is 32.9 Å². The lowest BCUT2D eigenvalue weighted by molar-refractivity contribution is -0.0273. The summed E-state index contributed by atoms with van der Waals surface area (Å²) in [5.74, 6) is -1.35. The summed E-state index contributed by atoms with van der Waals surface area (Å²) in [6, 6.07) is -0.632. The lowest BCUT2D eigenvalue weighted by atomic mass is 10.1. The highest BCUT2D eigenvalue weighted by Crippen LogP contribution is 2.30. The van der Waals surface area contributed by atoms with E-state index in [2.05, 4.69) is 15.0 Å². The molecule has 0 radical (unpaired) electrons. The number of nitrogens with zero attached hydrogens (tertiary/aromatic N) is 5. The fraction of sp³-hybridized carbons (Fsp3) is 0.556. The van der Waals surface area contributed by atoms with Gasteiger partial charge in [-0.25, -0.2) is 9.18 Å². The molecule has 0 amide bonds. The summed E-state index contributed by atoms with van der Waals surface area (Å²) < 4.78 is 19.6. The Morgan fingerprint density at radius 1 is 1.79 bits per heavy atom. The Bertz CT molecular complexity index is 584. The van der Waals surface area contributed by atoms with Gasteiger partial charge < -0.3 is 15.6 Å². The first-order valence-corrected chi connectivity index (χ1v) is 5.41. The molecule has 1 aliphatic heterocycles. The maximum Gasteiger partial charge on any atom is 0.351 e. The van der Waals surface area contributed by atoms with E-state index in [0.717, 1.165) is 10.8 Å². The molecule has 9 nitrogen and oxygen atoms in total. The van der Waals surface area contributed by atoms with Crippen LogP contribution in [-0.2, 0) is 4.74 Å². The van der Waals surface area contributed by atoms with Crippen LogP contribution in [0.5, 0.6) is 0 Å². The van der Waals surface area contributed by atoms with Crippen molar-refractivity contribution in [3.8, 4) is 0 Å². The van der Waals surface area contributed by atoms with Gasteiger partial charge in [0.15, 0.2) is 11.6 Å². The molecule has 2 rings (SSSR count). The molecule has 3 atom stereocenters. The van der Waals surface area contributed by atoms with Gasteiger partial charge in [-0.2, -0.15) is 4.98 Å². The van der Waals surface area contributed by atoms with Gasteiger partial charge in [0.25, 0.3) is 0 Å². The maximum atomic E-state index is 13.3. The zero-order chi connectivity index (χ0) is 14.0. The summed E-state index contributed by atoms with van der Waals surface area (Å²) in [6.45, 7) is -0.375. The molecule has 19 heavy (non-hydrogen) atoms. The summed E-state index contributed by atoms with van der Waals surface area (Å²) in [6.07, 6.45) is -0.584. The van der Waals surface area contributed by atoms with Crippen LogP contribution < -0.4 is 11.4 Å². The molecule has 0 aromatic carbocycles. The van der Waals surface area contributed by atoms with Gasteiger partial charge in [0, 0.05) is 11.3 Å². The van der Waals surface area contributed by atoms with Gasteiger partial charge >= 0.3 is 5.69 Å². The number of hydrogen-bond acceptors (Lipinski definition) is 6. The van der Waals surface area contributed by atoms with Crippen LogP contribution in [0, 0.1) is 5.82 Å². The number of hydrogen-bond donors (Lipinski definition) is 2. The number of rotatable bonds is 3. The standard InChI is InChI=1S/C9H11FN6O3/c10-4-2-16(9(18)13-8(4)11)7-1-5(14-15-12)6(3-17)19-7/h2,5-7,17H,1,3H2,(H2,11,13,18)/t5-,6+,7+/m0/s1. The second kappa shape index (κ2) is 5.22. The second-order valence-electron chi connectivity index (χ2n) is 3.98. The van der Waals surface area contributed by atoms with Crippen molar-refractivity contribution in [2.75, 3.05) is 12.3 Å². The van der Waals surface area contributed by atoms with E-state index < -0.39 is 35.7 Å². The minimum atomic E-state index is -0.859. The van der Waals surface area contributed by atoms with Crippen LogP contribution in [0.4, 0.5) is 10.2 Å². The van der Waals surface area contributed by atoms with Crippen molar-refractivity contribution in [2.45, 2.75) is 24.8 Å². The first-order chi connectivity index (χ1) is 9.06. The van der Waals surface area contributed by atoms with E-state index in [1.165, 1.54) is 0 Å². The molecule has 10 heteroatoms. The molecule has 0 unspecified atom stereocenters. The minimum absolute atomic E-state index is 0.139. The number of aromatic nitrogens is 2. The van der Waals surface area contributed by atoms with E-state index in [4.69, 9.17) is 21.1 Å². The zero-order valence-electron chi connectivity index (χ0n) is 9.68. The highest BCUT2D eigenvalue weighted by Gasteiger charge is 2.36. The van der Waals surface area contributed by atoms with Crippen molar-refractivity contribution in [3.63, 3.8) is 0 Å². The van der Waals surface area contributed by atoms with Gasteiger partial charge in [-0.05, 0) is 5.53 Å². The first-order valence-electron chi connectivity index (χ1n) is 5.41. The van der Waals surface area contributed by atoms with Gasteiger partial charge in [-0.3, -0.25) is 4.57 Å². The monoisotopic (exact) mass is 270 g/mol. The Hall–Kier alpha value is -2.16. The fourth-order valence-corrected chi connectivity index (χ4v) is 1.90. The summed E-state index contributed by atoms with van der Waals surface area (Å²) in [5.41, 5.74) is 12.8. The Morgan fingerprint density at radius 3 is 3.16 bits per heavy atom. The molecule has 1 aliphatic rings. The highest BCUT2D eigenvalue weighted by atomic mass is 19.1. The maximum absolute atomic E-state index is 13.3. The molecule has 0 bridgehead atoms. The van der Waals surface area contributed by atoms with Gasteiger partial charge in [-0.1, -0.05) is 5.11 Å². The first kappa shape index (κ1) is 13.3. The summed E-state index contributed by atoms with van der Waals surface area (Å²) >= 11 is 0. The Kier molecular flexibility index (Phi) is 3.65. The molecule has 3 N–H and O–H groups in total. The second-order valence-corrected chi connectivity index (χ2v) is 3.98. The lowest BCUT2D eigenvalue weighted by Gasteiger charge is -2.14. The average molecular weight is 270 g/mol. The van der Waals surface area contributed by atoms with Crippen LogP contribution in [0.2, 0.25) is 0 Å². The number of ether oxygens (including phenoxy) is 1. The van der Waals surface area contributed by atoms with Crippen molar-refractivity contribution in [1.29, 1.82) is 0 Å². The van der Waals surface area contributed by atoms with Gasteiger partial charge in [0.05, 0.1) is 24.9 Å². The van der Waals surface area contributed by atoms with Crippen molar-refractivity contribution >= 4 is 5.82 Å². The Morgan fingerprint density at radius 2 is 2.53 bits per heavy atom. The van der Waals surface area contributed by atoms with Gasteiger partial charge in [0.1, 0.15) is 6.23 Å². The van der Waals surface area contributed by atoms with Gasteiger partial charge in [-0.15, -0.1) is 0 Å². The van der Waals surface area contributed by atoms with Crippen LogP contribution in [-0.4, -0.2) is 33.4 Å². The van der Waals surface area contributed by atoms with Crippen LogP contribution in [0.25, 0.3) is 10.4 Å². The molecular formula is C9H11FN6O3. The molecular weight excluding hydrogens is 259 g/mol. The van der Waals surface area contributed by atoms with E-state index in [1.54, 1.807) is 0 Å². The van der Waals surface area contributed by atoms with Crippen LogP contribution in [0.3, 0.4) is 0 Å². The number of nitrogens with two attached hydrogens (primary N) is 1. The third-order valence-electron chi connectivity index (χ3n) is 2.83. The third-order valence-corrected chi connectivity index (χ3v) is 2.83. The minimum Gasteiger partial charge on any atom is -0.394 e. The van der Waals surface area contributed by atoms with Crippen molar-refractivity contribution < 1.29 is 14.2 Å². The number of anilines is 1. The SMILES string of the molecule is [N-]=[N+]=N[C@H]1C[C@H](n2cc(F)c(N)nc2=O)O[C@@H]1CO. The number of aliphatic hydroxyl groups is 1. The van der Waals surface area contributed by atoms with Crippen LogP contribution >= 0.6 is 0 Å². The smallest absolute Gasteiger partial charge is 0.351 e. The fourth-order valence-electron chi connectivity index (χ4n) is 1.90. The molecule has 1 aromatic heterocycles. The molecule has 0 aliphatic carbocycles. The molecule has 0 spiro atoms. The van der Waals surface area contributed by atoms with Crippen LogP contribution in [0.1, 0.15) is 12.6 Å². The van der Waals surface area contributed by atoms with E-state index in [1.807, 2.05) is 0 Å². The largest absolute Gasteiger partial charge is 0.394 e. The molecule has 2 heterocycles. The van der Waals surface area contributed by atoms with E-state index >= 15 is 0 Å². The number of nitrogen functional groups attached to an aromatic ring is 1. The third kappa shape index (κ3) is 2.50. The normalized spacial score (nSPS) is 26.1. The molecule has 1 aromatic rings. The molecule has 1 fully saturated rings. The van der Waals surface area contributed by atoms with E-state index in [0.29, 0.717) is 0 Å². The van der Waals surface area contributed by atoms with Gasteiger partial charge in [0.2, 0.25) is 0 Å². The lowest BCUT2D eigenvalue weighted by Crippen LogP contribution is -2.29. The Balaban J connectivity index is 2.32. The number of aliphatic hydroxyl groups excluding tert-OH is 1. The summed E-state index contributed by atoms with van der Waals surface area (Å²) in [7, 11) is 0. The molecule has 0 saturated carbocycles. The Labute approximate surface area is 106 Å². The number of azide groups is 1. The molecule has 102 valence electrons. The van der Waals surface area contributed by atoms with E-state index in [9.17, 15) is 9.18 Å². The predicted molar refractivity (Wildman–Crippen MR) is 61.4 cm³/mol. The summed E-state index contributed by atoms with van der Waals surface area (Å²) in [5, 5.41) is 12.6. The van der Waals surface area contributed by atoms with Crippen LogP contribution in [0.15, 0.2) is 16.1 Å². The highest BCUT2D eigenvalue weighted by molar-refractivity contribution is 5.26. The average Bonchev–Trinajstić information content (AvgIpc) is 2.77. The zero-order valence-corrected chi connectivity index (χ0v) is 9.68. The quantitative estimate of drug-likeness (QED) is 0.449. The number of halogens is 1.